The van der Waals surface area contributed by atoms with Crippen LogP contribution in [-0.2, 0) is 4.79 Å². The summed E-state index contributed by atoms with van der Waals surface area (Å²) in [5.41, 5.74) is 3.35. The summed E-state index contributed by atoms with van der Waals surface area (Å²) in [4.78, 5) is 21.4. The average molecular weight is 418 g/mol. The van der Waals surface area contributed by atoms with Crippen LogP contribution in [0.5, 0.6) is 5.75 Å². The number of hydrogen-bond acceptors (Lipinski definition) is 7. The van der Waals surface area contributed by atoms with Gasteiger partial charge in [-0.2, -0.15) is 5.26 Å². The van der Waals surface area contributed by atoms with Crippen LogP contribution in [-0.4, -0.2) is 64.6 Å². The molecule has 0 bridgehead atoms. The Labute approximate surface area is 183 Å². The average Bonchev–Trinajstić information content (AvgIpc) is 3.06. The van der Waals surface area contributed by atoms with E-state index in [1.165, 1.54) is 0 Å². The minimum absolute atomic E-state index is 0.137. The molecule has 1 saturated heterocycles. The molecule has 160 valence electrons. The summed E-state index contributed by atoms with van der Waals surface area (Å²) in [6.45, 7) is 3.48. The van der Waals surface area contributed by atoms with Crippen LogP contribution >= 0.6 is 0 Å². The summed E-state index contributed by atoms with van der Waals surface area (Å²) in [6.07, 6.45) is 0. The molecule has 7 heteroatoms. The lowest BCUT2D eigenvalue weighted by Crippen LogP contribution is -2.48. The molecule has 0 atom stereocenters. The van der Waals surface area contributed by atoms with Gasteiger partial charge in [-0.15, -0.1) is 0 Å². The fraction of sp³-hybridized carbons (Fsp3) is 0.333. The van der Waals surface area contributed by atoms with Crippen molar-refractivity contribution in [3.8, 4) is 11.8 Å². The maximum Gasteiger partial charge on any atom is 0.191 e. The molecule has 4 rings (SSSR count). The third-order valence-corrected chi connectivity index (χ3v) is 6.03. The van der Waals surface area contributed by atoms with Crippen molar-refractivity contribution in [3.63, 3.8) is 0 Å². The molecule has 2 heterocycles. The topological polar surface area (TPSA) is 63.1 Å². The van der Waals surface area contributed by atoms with Crippen LogP contribution in [0.15, 0.2) is 59.9 Å². The van der Waals surface area contributed by atoms with Gasteiger partial charge in [-0.1, -0.05) is 12.1 Å². The van der Waals surface area contributed by atoms with Gasteiger partial charge >= 0.3 is 0 Å². The first-order chi connectivity index (χ1) is 15.0. The lowest BCUT2D eigenvalue weighted by Gasteiger charge is -2.35. The van der Waals surface area contributed by atoms with Gasteiger partial charge < -0.3 is 19.4 Å². The molecule has 0 radical (unpaired) electrons. The second kappa shape index (κ2) is 8.70. The van der Waals surface area contributed by atoms with E-state index >= 15 is 0 Å². The first-order valence-corrected chi connectivity index (χ1v) is 10.4. The normalized spacial score (nSPS) is 16.2. The highest BCUT2D eigenvalue weighted by Gasteiger charge is 2.32. The molecule has 0 saturated carbocycles. The summed E-state index contributed by atoms with van der Waals surface area (Å²) < 4.78 is 5.23. The van der Waals surface area contributed by atoms with E-state index in [1.54, 1.807) is 7.11 Å². The summed E-state index contributed by atoms with van der Waals surface area (Å²) in [5.74, 6) is 1.35. The fourth-order valence-corrected chi connectivity index (χ4v) is 4.30. The quantitative estimate of drug-likeness (QED) is 0.548. The van der Waals surface area contributed by atoms with Gasteiger partial charge in [0.2, 0.25) is 0 Å². The summed E-state index contributed by atoms with van der Waals surface area (Å²) in [5, 5.41) is 9.82. The molecule has 0 spiro atoms. The fourth-order valence-electron chi connectivity index (χ4n) is 4.30. The van der Waals surface area contributed by atoms with E-state index < -0.39 is 0 Å². The van der Waals surface area contributed by atoms with E-state index in [0.717, 1.165) is 49.0 Å². The number of rotatable bonds is 5. The van der Waals surface area contributed by atoms with Crippen LogP contribution in [0.25, 0.3) is 0 Å². The maximum atomic E-state index is 13.1. The van der Waals surface area contributed by atoms with Crippen molar-refractivity contribution < 1.29 is 9.53 Å². The Morgan fingerprint density at radius 1 is 0.968 bits per heavy atom. The van der Waals surface area contributed by atoms with Crippen LogP contribution in [0, 0.1) is 11.3 Å². The van der Waals surface area contributed by atoms with Gasteiger partial charge in [-0.05, 0) is 36.4 Å². The molecule has 0 aliphatic carbocycles. The standard InChI is InChI=1S/C24H27N5O2/c1-26-21-6-4-5-7-22(21)27(2)24(26)20(16-25)23(30)17-28-12-14-29(15-13-28)18-8-10-19(31-3)11-9-18/h4-11H,12-15,17H2,1-3H3. The Kier molecular flexibility index (Phi) is 5.83. The zero-order valence-corrected chi connectivity index (χ0v) is 18.2. The first kappa shape index (κ1) is 20.8. The highest BCUT2D eigenvalue weighted by molar-refractivity contribution is 6.03. The molecule has 0 N–H and O–H groups in total. The number of carbonyl (C=O) groups excluding carboxylic acids is 1. The number of ketones is 1. The van der Waals surface area contributed by atoms with Crippen LogP contribution in [0.3, 0.4) is 0 Å². The Hall–Kier alpha value is -3.50. The molecule has 31 heavy (non-hydrogen) atoms. The summed E-state index contributed by atoms with van der Waals surface area (Å²) in [6, 6.07) is 18.1. The number of Topliss-reactive ketones (excluding diaryl/α,β-unsaturated/α-hetero) is 1. The minimum Gasteiger partial charge on any atom is -0.497 e. The molecule has 2 aromatic rings. The Bertz CT molecular complexity index is 1000. The van der Waals surface area contributed by atoms with E-state index in [9.17, 15) is 10.1 Å². The maximum absolute atomic E-state index is 13.1. The molecular formula is C24H27N5O2. The zero-order chi connectivity index (χ0) is 22.0. The van der Waals surface area contributed by atoms with Gasteiger partial charge in [-0.25, -0.2) is 0 Å². The van der Waals surface area contributed by atoms with Crippen molar-refractivity contribution in [1.29, 1.82) is 5.26 Å². The van der Waals surface area contributed by atoms with Crippen LogP contribution < -0.4 is 19.4 Å². The van der Waals surface area contributed by atoms with Crippen molar-refractivity contribution in [1.82, 2.24) is 4.90 Å². The number of nitrogens with zero attached hydrogens (tertiary/aromatic N) is 5. The Morgan fingerprint density at radius 2 is 1.55 bits per heavy atom. The molecule has 2 aliphatic rings. The van der Waals surface area contributed by atoms with Crippen LogP contribution in [0.4, 0.5) is 17.1 Å². The molecule has 2 aliphatic heterocycles. The molecular weight excluding hydrogens is 390 g/mol. The van der Waals surface area contributed by atoms with Crippen molar-refractivity contribution in [2.24, 2.45) is 0 Å². The van der Waals surface area contributed by atoms with E-state index in [2.05, 4.69) is 28.0 Å². The largest absolute Gasteiger partial charge is 0.497 e. The molecule has 1 fully saturated rings. The van der Waals surface area contributed by atoms with Crippen LogP contribution in [0.1, 0.15) is 0 Å². The highest BCUT2D eigenvalue weighted by Crippen LogP contribution is 2.40. The molecule has 0 aromatic heterocycles. The lowest BCUT2D eigenvalue weighted by atomic mass is 10.1. The van der Waals surface area contributed by atoms with Gasteiger partial charge in [0.15, 0.2) is 5.78 Å². The smallest absolute Gasteiger partial charge is 0.191 e. The van der Waals surface area contributed by atoms with E-state index in [0.29, 0.717) is 5.82 Å². The number of nitriles is 1. The molecule has 2 aromatic carbocycles. The van der Waals surface area contributed by atoms with Gasteiger partial charge in [0.05, 0.1) is 25.0 Å². The number of carbonyl (C=O) groups is 1. The predicted molar refractivity (Wildman–Crippen MR) is 123 cm³/mol. The SMILES string of the molecule is COc1ccc(N2CCN(CC(=O)C(C#N)=C3N(C)c4ccccc4N3C)CC2)cc1. The number of methoxy groups -OCH3 is 1. The third-order valence-electron chi connectivity index (χ3n) is 6.03. The lowest BCUT2D eigenvalue weighted by molar-refractivity contribution is -0.116. The van der Waals surface area contributed by atoms with Gasteiger partial charge in [0.1, 0.15) is 23.2 Å². The van der Waals surface area contributed by atoms with Gasteiger partial charge in [0, 0.05) is 46.0 Å². The minimum atomic E-state index is -0.137. The van der Waals surface area contributed by atoms with Crippen molar-refractivity contribution in [2.75, 3.05) is 68.6 Å². The number of benzene rings is 2. The highest BCUT2D eigenvalue weighted by atomic mass is 16.5. The van der Waals surface area contributed by atoms with E-state index in [4.69, 9.17) is 4.74 Å². The number of ether oxygens (including phenoxy) is 1. The first-order valence-electron chi connectivity index (χ1n) is 10.4. The van der Waals surface area contributed by atoms with Crippen molar-refractivity contribution >= 4 is 22.8 Å². The molecule has 0 unspecified atom stereocenters. The number of anilines is 3. The number of hydrogen-bond donors (Lipinski definition) is 0. The summed E-state index contributed by atoms with van der Waals surface area (Å²) in [7, 11) is 5.46. The van der Waals surface area contributed by atoms with Crippen LogP contribution in [0.2, 0.25) is 0 Å². The second-order valence-corrected chi connectivity index (χ2v) is 7.80. The van der Waals surface area contributed by atoms with E-state index in [-0.39, 0.29) is 17.9 Å². The predicted octanol–water partition coefficient (Wildman–Crippen LogP) is 2.71. The molecule has 0 amide bonds. The Morgan fingerprint density at radius 3 is 2.06 bits per heavy atom. The van der Waals surface area contributed by atoms with E-state index in [1.807, 2.05) is 60.3 Å². The zero-order valence-electron chi connectivity index (χ0n) is 18.2. The summed E-state index contributed by atoms with van der Waals surface area (Å²) >= 11 is 0. The molecule has 7 nitrogen and oxygen atoms in total. The van der Waals surface area contributed by atoms with Gasteiger partial charge in [0.25, 0.3) is 0 Å². The van der Waals surface area contributed by atoms with Gasteiger partial charge in [-0.3, -0.25) is 9.69 Å². The number of piperazine rings is 1. The Balaban J connectivity index is 1.42. The van der Waals surface area contributed by atoms with Crippen molar-refractivity contribution in [3.05, 3.63) is 59.9 Å². The third kappa shape index (κ3) is 3.94. The number of para-hydroxylation sites is 2. The monoisotopic (exact) mass is 417 g/mol. The number of fused-ring (bicyclic) bond motifs is 1. The van der Waals surface area contributed by atoms with Crippen molar-refractivity contribution in [2.45, 2.75) is 0 Å². The second-order valence-electron chi connectivity index (χ2n) is 7.80.